The van der Waals surface area contributed by atoms with Crippen molar-refractivity contribution < 1.29 is 14.7 Å². The van der Waals surface area contributed by atoms with Gasteiger partial charge >= 0.3 is 0 Å². The minimum absolute atomic E-state index is 0.108. The first-order valence-corrected chi connectivity index (χ1v) is 8.45. The molecule has 2 amide bonds. The summed E-state index contributed by atoms with van der Waals surface area (Å²) < 4.78 is 0. The van der Waals surface area contributed by atoms with Crippen molar-refractivity contribution in [2.75, 3.05) is 24.6 Å². The van der Waals surface area contributed by atoms with Gasteiger partial charge in [-0.05, 0) is 49.4 Å². The molecular weight excluding hydrogens is 292 g/mol. The lowest BCUT2D eigenvalue weighted by Crippen LogP contribution is -2.30. The van der Waals surface area contributed by atoms with Crippen molar-refractivity contribution in [2.24, 2.45) is 5.92 Å². The fraction of sp³-hybridized carbons (Fsp3) is 0.556. The van der Waals surface area contributed by atoms with Crippen LogP contribution in [0.3, 0.4) is 0 Å². The number of nitrogens with one attached hydrogen (secondary N) is 1. The Morgan fingerprint density at radius 3 is 2.61 bits per heavy atom. The van der Waals surface area contributed by atoms with Crippen LogP contribution in [0.2, 0.25) is 0 Å². The third kappa shape index (κ3) is 4.79. The Balaban J connectivity index is 1.90. The summed E-state index contributed by atoms with van der Waals surface area (Å²) in [6, 6.07) is 7.18. The monoisotopic (exact) mass is 318 g/mol. The molecule has 2 N–H and O–H groups in total. The highest BCUT2D eigenvalue weighted by molar-refractivity contribution is 5.97. The zero-order chi connectivity index (χ0) is 16.7. The van der Waals surface area contributed by atoms with Crippen LogP contribution in [0.5, 0.6) is 0 Å². The molecule has 1 aromatic carbocycles. The number of hydrogen-bond acceptors (Lipinski definition) is 3. The zero-order valence-corrected chi connectivity index (χ0v) is 13.8. The molecule has 1 unspecified atom stereocenters. The summed E-state index contributed by atoms with van der Waals surface area (Å²) in [4.78, 5) is 25.7. The Bertz CT molecular complexity index is 522. The molecule has 1 aliphatic rings. The Morgan fingerprint density at radius 2 is 2.04 bits per heavy atom. The van der Waals surface area contributed by atoms with E-state index < -0.39 is 0 Å². The van der Waals surface area contributed by atoms with Gasteiger partial charge in [0.25, 0.3) is 5.91 Å². The Hall–Kier alpha value is -1.88. The van der Waals surface area contributed by atoms with E-state index in [0.29, 0.717) is 30.9 Å². The van der Waals surface area contributed by atoms with Gasteiger partial charge in [-0.1, -0.05) is 13.3 Å². The van der Waals surface area contributed by atoms with Gasteiger partial charge in [0.15, 0.2) is 0 Å². The Morgan fingerprint density at radius 1 is 1.30 bits per heavy atom. The molecule has 0 aliphatic carbocycles. The molecule has 0 saturated carbocycles. The number of amides is 2. The molecule has 1 heterocycles. The van der Waals surface area contributed by atoms with Crippen molar-refractivity contribution in [3.8, 4) is 0 Å². The van der Waals surface area contributed by atoms with Crippen LogP contribution in [0.25, 0.3) is 0 Å². The number of hydrogen-bond donors (Lipinski definition) is 2. The Labute approximate surface area is 137 Å². The maximum absolute atomic E-state index is 12.2. The summed E-state index contributed by atoms with van der Waals surface area (Å²) in [6.45, 7) is 3.59. The average molecular weight is 318 g/mol. The van der Waals surface area contributed by atoms with Crippen LogP contribution in [0, 0.1) is 5.92 Å². The largest absolute Gasteiger partial charge is 0.396 e. The van der Waals surface area contributed by atoms with Crippen molar-refractivity contribution in [3.63, 3.8) is 0 Å². The van der Waals surface area contributed by atoms with Gasteiger partial charge in [0.2, 0.25) is 5.91 Å². The molecule has 23 heavy (non-hydrogen) atoms. The summed E-state index contributed by atoms with van der Waals surface area (Å²) in [5.41, 5.74) is 1.45. The highest BCUT2D eigenvalue weighted by Gasteiger charge is 2.21. The first-order valence-electron chi connectivity index (χ1n) is 8.45. The molecule has 1 saturated heterocycles. The second-order valence-corrected chi connectivity index (χ2v) is 6.07. The molecule has 0 aromatic heterocycles. The lowest BCUT2D eigenvalue weighted by atomic mass is 10.00. The molecule has 0 radical (unpaired) electrons. The third-order valence-electron chi connectivity index (χ3n) is 4.30. The number of anilines is 1. The van der Waals surface area contributed by atoms with Gasteiger partial charge in [-0.2, -0.15) is 0 Å². The van der Waals surface area contributed by atoms with E-state index in [4.69, 9.17) is 5.11 Å². The van der Waals surface area contributed by atoms with Crippen molar-refractivity contribution in [1.29, 1.82) is 0 Å². The number of aliphatic hydroxyl groups excluding tert-OH is 1. The zero-order valence-electron chi connectivity index (χ0n) is 13.8. The molecule has 1 aliphatic heterocycles. The van der Waals surface area contributed by atoms with E-state index in [2.05, 4.69) is 12.2 Å². The fourth-order valence-electron chi connectivity index (χ4n) is 2.99. The first kappa shape index (κ1) is 17.5. The van der Waals surface area contributed by atoms with Gasteiger partial charge in [0, 0.05) is 37.4 Å². The van der Waals surface area contributed by atoms with Gasteiger partial charge in [-0.15, -0.1) is 0 Å². The van der Waals surface area contributed by atoms with Gasteiger partial charge in [0.1, 0.15) is 0 Å². The highest BCUT2D eigenvalue weighted by atomic mass is 16.3. The van der Waals surface area contributed by atoms with Gasteiger partial charge in [0.05, 0.1) is 0 Å². The predicted molar refractivity (Wildman–Crippen MR) is 90.5 cm³/mol. The van der Waals surface area contributed by atoms with Crippen LogP contribution in [-0.4, -0.2) is 36.6 Å². The summed E-state index contributed by atoms with van der Waals surface area (Å²) in [5, 5.41) is 12.0. The maximum atomic E-state index is 12.2. The summed E-state index contributed by atoms with van der Waals surface area (Å²) in [5.74, 6) is 0.354. The van der Waals surface area contributed by atoms with Crippen LogP contribution >= 0.6 is 0 Å². The van der Waals surface area contributed by atoms with E-state index in [1.165, 1.54) is 0 Å². The van der Waals surface area contributed by atoms with Crippen molar-refractivity contribution in [2.45, 2.75) is 39.0 Å². The standard InChI is InChI=1S/C18H26N2O3/c1-2-4-14(10-12-21)13-19-18(23)15-6-8-16(9-7-15)20-11-3-5-17(20)22/h6-9,14,21H,2-5,10-13H2,1H3,(H,19,23). The number of nitrogens with zero attached hydrogens (tertiary/aromatic N) is 1. The minimum atomic E-state index is -0.108. The Kier molecular flexibility index (Phi) is 6.59. The molecule has 2 rings (SSSR count). The fourth-order valence-corrected chi connectivity index (χ4v) is 2.99. The average Bonchev–Trinajstić information content (AvgIpc) is 2.99. The number of rotatable bonds is 8. The number of aliphatic hydroxyl groups is 1. The lowest BCUT2D eigenvalue weighted by Gasteiger charge is -2.17. The molecule has 0 spiro atoms. The van der Waals surface area contributed by atoms with E-state index in [9.17, 15) is 9.59 Å². The molecular formula is C18H26N2O3. The smallest absolute Gasteiger partial charge is 0.251 e. The van der Waals surface area contributed by atoms with E-state index in [-0.39, 0.29) is 18.4 Å². The third-order valence-corrected chi connectivity index (χ3v) is 4.30. The van der Waals surface area contributed by atoms with Crippen LogP contribution < -0.4 is 10.2 Å². The van der Waals surface area contributed by atoms with Gasteiger partial charge in [-0.3, -0.25) is 9.59 Å². The van der Waals surface area contributed by atoms with E-state index in [0.717, 1.165) is 31.5 Å². The topological polar surface area (TPSA) is 69.6 Å². The quantitative estimate of drug-likeness (QED) is 0.773. The maximum Gasteiger partial charge on any atom is 0.251 e. The van der Waals surface area contributed by atoms with Crippen molar-refractivity contribution >= 4 is 17.5 Å². The minimum Gasteiger partial charge on any atom is -0.396 e. The summed E-state index contributed by atoms with van der Waals surface area (Å²) in [7, 11) is 0. The van der Waals surface area contributed by atoms with E-state index in [1.54, 1.807) is 17.0 Å². The predicted octanol–water partition coefficient (Wildman–Crippen LogP) is 2.34. The second-order valence-electron chi connectivity index (χ2n) is 6.07. The van der Waals surface area contributed by atoms with Gasteiger partial charge in [-0.25, -0.2) is 0 Å². The summed E-state index contributed by atoms with van der Waals surface area (Å²) >= 11 is 0. The molecule has 5 heteroatoms. The van der Waals surface area contributed by atoms with Crippen molar-refractivity contribution in [1.82, 2.24) is 5.32 Å². The SMILES string of the molecule is CCCC(CCO)CNC(=O)c1ccc(N2CCCC2=O)cc1. The van der Waals surface area contributed by atoms with Gasteiger partial charge < -0.3 is 15.3 Å². The number of carbonyl (C=O) groups is 2. The highest BCUT2D eigenvalue weighted by Crippen LogP contribution is 2.21. The van der Waals surface area contributed by atoms with Crippen LogP contribution in [0.4, 0.5) is 5.69 Å². The molecule has 1 aromatic rings. The lowest BCUT2D eigenvalue weighted by molar-refractivity contribution is -0.117. The van der Waals surface area contributed by atoms with Crippen LogP contribution in [-0.2, 0) is 4.79 Å². The van der Waals surface area contributed by atoms with E-state index >= 15 is 0 Å². The van der Waals surface area contributed by atoms with Crippen molar-refractivity contribution in [3.05, 3.63) is 29.8 Å². The first-order chi connectivity index (χ1) is 11.2. The molecule has 1 fully saturated rings. The molecule has 126 valence electrons. The number of carbonyl (C=O) groups excluding carboxylic acids is 2. The summed E-state index contributed by atoms with van der Waals surface area (Å²) in [6.07, 6.45) is 4.25. The number of benzene rings is 1. The van der Waals surface area contributed by atoms with Crippen LogP contribution in [0.15, 0.2) is 24.3 Å². The molecule has 1 atom stereocenters. The molecule has 5 nitrogen and oxygen atoms in total. The normalized spacial score (nSPS) is 15.7. The molecule has 0 bridgehead atoms. The van der Waals surface area contributed by atoms with E-state index in [1.807, 2.05) is 12.1 Å². The van der Waals surface area contributed by atoms with Crippen LogP contribution in [0.1, 0.15) is 49.4 Å². The second kappa shape index (κ2) is 8.67.